The van der Waals surface area contributed by atoms with Gasteiger partial charge >= 0.3 is 0 Å². The molecule has 3 aromatic rings. The highest BCUT2D eigenvalue weighted by molar-refractivity contribution is 7.89. The minimum atomic E-state index is -3.51. The molecule has 3 aromatic carbocycles. The number of ether oxygens (including phenoxy) is 1. The van der Waals surface area contributed by atoms with Crippen molar-refractivity contribution < 1.29 is 27.9 Å². The van der Waals surface area contributed by atoms with E-state index in [1.165, 1.54) is 4.31 Å². The third-order valence-electron chi connectivity index (χ3n) is 7.45. The van der Waals surface area contributed by atoms with Crippen LogP contribution in [0, 0.1) is 0 Å². The number of rotatable bonds is 14. The molecule has 0 spiro atoms. The van der Waals surface area contributed by atoms with Gasteiger partial charge in [-0.2, -0.15) is 4.31 Å². The highest BCUT2D eigenvalue weighted by Crippen LogP contribution is 2.22. The van der Waals surface area contributed by atoms with Gasteiger partial charge in [-0.15, -0.1) is 0 Å². The largest absolute Gasteiger partial charge is 0.497 e. The molecule has 0 radical (unpaired) electrons. The Balaban J connectivity index is 1.54. The third kappa shape index (κ3) is 8.18. The van der Waals surface area contributed by atoms with E-state index in [9.17, 15) is 23.1 Å². The Bertz CT molecular complexity index is 1410. The summed E-state index contributed by atoms with van der Waals surface area (Å²) in [5.41, 5.74) is 2.58. The first-order chi connectivity index (χ1) is 20.3. The molecule has 1 saturated heterocycles. The zero-order valence-corrected chi connectivity index (χ0v) is 24.8. The monoisotopic (exact) mass is 593 g/mol. The SMILES string of the molecule is COc1ccc(CN(C(=O)CCc2ccc(S(=O)(=O)N3CCCC3)cc2)[C@@H](Cc2ccccc2)C(=O)NCCO)cc1. The molecule has 0 unspecified atom stereocenters. The lowest BCUT2D eigenvalue weighted by Gasteiger charge is -2.31. The van der Waals surface area contributed by atoms with Crippen molar-refractivity contribution >= 4 is 21.8 Å². The predicted molar refractivity (Wildman–Crippen MR) is 160 cm³/mol. The van der Waals surface area contributed by atoms with E-state index < -0.39 is 16.1 Å². The van der Waals surface area contributed by atoms with Crippen molar-refractivity contribution in [3.05, 3.63) is 95.6 Å². The van der Waals surface area contributed by atoms with Crippen molar-refractivity contribution in [1.82, 2.24) is 14.5 Å². The van der Waals surface area contributed by atoms with Crippen LogP contribution in [-0.2, 0) is 39.0 Å². The Kier molecular flexibility index (Phi) is 11.1. The van der Waals surface area contributed by atoms with Gasteiger partial charge in [0.25, 0.3) is 0 Å². The van der Waals surface area contributed by atoms with Crippen molar-refractivity contribution in [2.24, 2.45) is 0 Å². The smallest absolute Gasteiger partial charge is 0.243 e. The summed E-state index contributed by atoms with van der Waals surface area (Å²) in [6.07, 6.45) is 2.57. The first-order valence-electron chi connectivity index (χ1n) is 14.3. The first kappa shape index (κ1) is 31.2. The molecule has 2 N–H and O–H groups in total. The molecule has 4 rings (SSSR count). The molecule has 42 heavy (non-hydrogen) atoms. The Hall–Kier alpha value is -3.73. The van der Waals surface area contributed by atoms with E-state index in [0.29, 0.717) is 31.7 Å². The number of nitrogens with zero attached hydrogens (tertiary/aromatic N) is 2. The van der Waals surface area contributed by atoms with Crippen LogP contribution in [0.3, 0.4) is 0 Å². The molecule has 1 heterocycles. The number of nitrogens with one attached hydrogen (secondary N) is 1. The summed E-state index contributed by atoms with van der Waals surface area (Å²) in [6, 6.07) is 22.8. The number of sulfonamides is 1. The van der Waals surface area contributed by atoms with Gasteiger partial charge in [0.15, 0.2) is 0 Å². The van der Waals surface area contributed by atoms with E-state index in [-0.39, 0.29) is 42.8 Å². The van der Waals surface area contributed by atoms with E-state index in [2.05, 4.69) is 5.32 Å². The second kappa shape index (κ2) is 14.9. The number of benzene rings is 3. The summed E-state index contributed by atoms with van der Waals surface area (Å²) in [4.78, 5) is 29.0. The zero-order chi connectivity index (χ0) is 30.0. The number of hydrogen-bond donors (Lipinski definition) is 2. The molecule has 0 saturated carbocycles. The standard InChI is InChI=1S/C32H39N3O6S/c1-41-28-14-9-27(10-15-28)24-35(30(32(38)33-19-22-36)23-26-7-3-2-4-8-26)31(37)18-13-25-11-16-29(17-12-25)42(39,40)34-20-5-6-21-34/h2-4,7-12,14-17,30,36H,5-6,13,18-24H2,1H3,(H,33,38)/t30-/m0/s1. The van der Waals surface area contributed by atoms with Gasteiger partial charge in [0.05, 0.1) is 18.6 Å². The van der Waals surface area contributed by atoms with Gasteiger partial charge in [-0.3, -0.25) is 9.59 Å². The topological polar surface area (TPSA) is 116 Å². The van der Waals surface area contributed by atoms with Crippen LogP contribution in [0.4, 0.5) is 0 Å². The van der Waals surface area contributed by atoms with E-state index in [4.69, 9.17) is 4.74 Å². The van der Waals surface area contributed by atoms with Crippen molar-refractivity contribution in [2.75, 3.05) is 33.4 Å². The Morgan fingerprint density at radius 1 is 0.929 bits per heavy atom. The third-order valence-corrected chi connectivity index (χ3v) is 9.36. The summed E-state index contributed by atoms with van der Waals surface area (Å²) < 4.78 is 32.5. The van der Waals surface area contributed by atoms with Gasteiger partial charge in [-0.1, -0.05) is 54.6 Å². The summed E-state index contributed by atoms with van der Waals surface area (Å²) in [7, 11) is -1.93. The number of aryl methyl sites for hydroxylation is 1. The van der Waals surface area contributed by atoms with Crippen LogP contribution < -0.4 is 10.1 Å². The highest BCUT2D eigenvalue weighted by atomic mass is 32.2. The molecule has 1 atom stereocenters. The fourth-order valence-electron chi connectivity index (χ4n) is 5.08. The molecular weight excluding hydrogens is 554 g/mol. The van der Waals surface area contributed by atoms with Crippen LogP contribution >= 0.6 is 0 Å². The Labute approximate surface area is 248 Å². The number of carbonyl (C=O) groups is 2. The summed E-state index contributed by atoms with van der Waals surface area (Å²) in [5.74, 6) is 0.138. The molecule has 1 aliphatic rings. The van der Waals surface area contributed by atoms with Crippen LogP contribution in [0.5, 0.6) is 5.75 Å². The van der Waals surface area contributed by atoms with Crippen LogP contribution in [0.15, 0.2) is 83.8 Å². The molecule has 0 aromatic heterocycles. The molecule has 0 bridgehead atoms. The molecule has 9 nitrogen and oxygen atoms in total. The Morgan fingerprint density at radius 2 is 1.57 bits per heavy atom. The van der Waals surface area contributed by atoms with E-state index in [1.807, 2.05) is 54.6 Å². The Morgan fingerprint density at radius 3 is 2.19 bits per heavy atom. The molecular formula is C32H39N3O6S. The van der Waals surface area contributed by atoms with Crippen LogP contribution in [0.1, 0.15) is 36.0 Å². The summed E-state index contributed by atoms with van der Waals surface area (Å²) in [5, 5.41) is 12.1. The maximum absolute atomic E-state index is 13.8. The molecule has 2 amide bonds. The quantitative estimate of drug-likeness (QED) is 0.297. The predicted octanol–water partition coefficient (Wildman–Crippen LogP) is 3.16. The molecule has 1 aliphatic heterocycles. The van der Waals surface area contributed by atoms with Crippen LogP contribution in [0.25, 0.3) is 0 Å². The van der Waals surface area contributed by atoms with Crippen molar-refractivity contribution in [2.45, 2.75) is 49.6 Å². The number of amides is 2. The summed E-state index contributed by atoms with van der Waals surface area (Å²) >= 11 is 0. The normalized spacial score (nSPS) is 14.3. The fraction of sp³-hybridized carbons (Fsp3) is 0.375. The zero-order valence-electron chi connectivity index (χ0n) is 23.9. The number of aliphatic hydroxyl groups excluding tert-OH is 1. The van der Waals surface area contributed by atoms with Gasteiger partial charge in [-0.05, 0) is 60.2 Å². The summed E-state index contributed by atoms with van der Waals surface area (Å²) in [6.45, 7) is 1.16. The maximum Gasteiger partial charge on any atom is 0.243 e. The van der Waals surface area contributed by atoms with Gasteiger partial charge in [0, 0.05) is 39.0 Å². The van der Waals surface area contributed by atoms with Crippen LogP contribution in [0.2, 0.25) is 0 Å². The minimum Gasteiger partial charge on any atom is -0.497 e. The van der Waals surface area contributed by atoms with Gasteiger partial charge in [-0.25, -0.2) is 8.42 Å². The molecule has 0 aliphatic carbocycles. The van der Waals surface area contributed by atoms with E-state index in [0.717, 1.165) is 29.5 Å². The average molecular weight is 594 g/mol. The average Bonchev–Trinajstić information content (AvgIpc) is 3.58. The van der Waals surface area contributed by atoms with Crippen molar-refractivity contribution in [1.29, 1.82) is 0 Å². The second-order valence-electron chi connectivity index (χ2n) is 10.3. The minimum absolute atomic E-state index is 0.0847. The van der Waals surface area contributed by atoms with E-state index >= 15 is 0 Å². The number of methoxy groups -OCH3 is 1. The van der Waals surface area contributed by atoms with E-state index in [1.54, 1.807) is 36.3 Å². The number of carbonyl (C=O) groups excluding carboxylic acids is 2. The van der Waals surface area contributed by atoms with Crippen molar-refractivity contribution in [3.8, 4) is 5.75 Å². The molecule has 224 valence electrons. The fourth-order valence-corrected chi connectivity index (χ4v) is 6.60. The van der Waals surface area contributed by atoms with Gasteiger partial charge < -0.3 is 20.1 Å². The van der Waals surface area contributed by atoms with Gasteiger partial charge in [0.1, 0.15) is 11.8 Å². The lowest BCUT2D eigenvalue weighted by molar-refractivity contribution is -0.141. The van der Waals surface area contributed by atoms with Gasteiger partial charge in [0.2, 0.25) is 21.8 Å². The maximum atomic E-state index is 13.8. The van der Waals surface area contributed by atoms with Crippen molar-refractivity contribution in [3.63, 3.8) is 0 Å². The number of hydrogen-bond acceptors (Lipinski definition) is 6. The lowest BCUT2D eigenvalue weighted by Crippen LogP contribution is -2.51. The second-order valence-corrected chi connectivity index (χ2v) is 12.3. The molecule has 10 heteroatoms. The first-order valence-corrected chi connectivity index (χ1v) is 15.7. The van der Waals surface area contributed by atoms with Crippen LogP contribution in [-0.4, -0.2) is 73.9 Å². The molecule has 1 fully saturated rings. The number of aliphatic hydroxyl groups is 1. The highest BCUT2D eigenvalue weighted by Gasteiger charge is 2.30. The lowest BCUT2D eigenvalue weighted by atomic mass is 10.0.